The van der Waals surface area contributed by atoms with Gasteiger partial charge in [0.25, 0.3) is 0 Å². The lowest BCUT2D eigenvalue weighted by Crippen LogP contribution is -2.44. The number of halogens is 3. The monoisotopic (exact) mass is 560 g/mol. The fraction of sp³-hybridized carbons (Fsp3) is 0.207. The summed E-state index contributed by atoms with van der Waals surface area (Å²) in [5, 5.41) is 7.45. The Kier molecular flexibility index (Phi) is 6.62. The molecule has 1 fully saturated rings. The summed E-state index contributed by atoms with van der Waals surface area (Å²) in [6, 6.07) is 18.4. The second kappa shape index (κ2) is 10.3. The zero-order chi connectivity index (χ0) is 28.7. The number of hydrogen-bond donors (Lipinski definition) is 3. The Hall–Kier alpha value is -4.84. The van der Waals surface area contributed by atoms with Crippen LogP contribution in [0.2, 0.25) is 0 Å². The van der Waals surface area contributed by atoms with Crippen molar-refractivity contribution >= 4 is 34.1 Å². The van der Waals surface area contributed by atoms with Gasteiger partial charge in [-0.05, 0) is 67.7 Å². The maximum Gasteiger partial charge on any atom is 0.416 e. The molecule has 2 amide bonds. The fourth-order valence-corrected chi connectivity index (χ4v) is 4.96. The van der Waals surface area contributed by atoms with Crippen LogP contribution in [0, 0.1) is 0 Å². The van der Waals surface area contributed by atoms with Crippen LogP contribution in [0.3, 0.4) is 0 Å². The molecular weight excluding hydrogens is 533 g/mol. The maximum absolute atomic E-state index is 12.9. The van der Waals surface area contributed by atoms with Gasteiger partial charge in [0, 0.05) is 37.4 Å². The van der Waals surface area contributed by atoms with E-state index in [1.807, 2.05) is 12.1 Å². The molecule has 0 saturated carbocycles. The molecule has 9 nitrogen and oxygen atoms in total. The predicted molar refractivity (Wildman–Crippen MR) is 152 cm³/mol. The van der Waals surface area contributed by atoms with E-state index in [-0.39, 0.29) is 5.69 Å². The number of H-pyrrole nitrogens is 2. The molecule has 1 aliphatic heterocycles. The molecule has 3 heterocycles. The van der Waals surface area contributed by atoms with Crippen LogP contribution in [0.15, 0.2) is 72.8 Å². The summed E-state index contributed by atoms with van der Waals surface area (Å²) in [7, 11) is 2.13. The second-order valence-electron chi connectivity index (χ2n) is 10.0. The molecule has 0 unspecified atom stereocenters. The van der Waals surface area contributed by atoms with Gasteiger partial charge < -0.3 is 20.5 Å². The normalized spacial score (nSPS) is 14.5. The van der Waals surface area contributed by atoms with E-state index in [9.17, 15) is 18.0 Å². The summed E-state index contributed by atoms with van der Waals surface area (Å²) in [5.41, 5.74) is 10.5. The number of nitrogens with two attached hydrogens (primary N) is 1. The van der Waals surface area contributed by atoms with Crippen molar-refractivity contribution in [2.75, 3.05) is 43.0 Å². The van der Waals surface area contributed by atoms with Gasteiger partial charge >= 0.3 is 12.2 Å². The summed E-state index contributed by atoms with van der Waals surface area (Å²) < 4.78 is 38.8. The van der Waals surface area contributed by atoms with Crippen LogP contribution in [-0.2, 0) is 6.18 Å². The molecule has 2 aromatic heterocycles. The van der Waals surface area contributed by atoms with Gasteiger partial charge in [0.1, 0.15) is 5.69 Å². The van der Waals surface area contributed by atoms with Crippen LogP contribution in [0.1, 0.15) is 5.56 Å². The number of aromatic amines is 2. The first kappa shape index (κ1) is 26.4. The van der Waals surface area contributed by atoms with E-state index in [0.29, 0.717) is 22.9 Å². The number of nitrogens with one attached hydrogen (secondary N) is 2. The number of likely N-dealkylation sites (N-methyl/N-ethyl adjacent to an activating group) is 1. The number of piperazine rings is 1. The van der Waals surface area contributed by atoms with E-state index < -0.39 is 17.8 Å². The highest BCUT2D eigenvalue weighted by atomic mass is 19.4. The van der Waals surface area contributed by atoms with Crippen LogP contribution < -0.4 is 15.5 Å². The Balaban J connectivity index is 1.21. The number of imidazole rings is 1. The molecule has 0 bridgehead atoms. The molecule has 41 heavy (non-hydrogen) atoms. The van der Waals surface area contributed by atoms with Gasteiger partial charge in [0.2, 0.25) is 0 Å². The van der Waals surface area contributed by atoms with Crippen molar-refractivity contribution in [1.82, 2.24) is 25.1 Å². The standard InChI is InChI=1S/C29H27F3N8O/c1-38-12-14-39(15-13-38)22-10-11-23-25(16-22)35-27(34-23)26-17-24(36-37-26)18-2-6-20(7-3-18)40(28(33)41)21-8-4-19(5-9-21)29(30,31)32/h2-11,16-17H,12-15H2,1H3,(H2,33,41)(H,34,35)(H,36,37). The molecule has 1 aliphatic rings. The minimum atomic E-state index is -4.48. The van der Waals surface area contributed by atoms with Gasteiger partial charge in [-0.2, -0.15) is 18.3 Å². The van der Waals surface area contributed by atoms with Gasteiger partial charge in [-0.1, -0.05) is 12.1 Å². The van der Waals surface area contributed by atoms with Crippen LogP contribution in [-0.4, -0.2) is 64.3 Å². The third-order valence-electron chi connectivity index (χ3n) is 7.26. The number of urea groups is 1. The molecule has 12 heteroatoms. The SMILES string of the molecule is CN1CCN(c2ccc3nc(-c4cc(-c5ccc(N(C(N)=O)c6ccc(C(F)(F)F)cc6)cc5)n[nH]4)[nH]c3c2)CC1. The molecule has 210 valence electrons. The lowest BCUT2D eigenvalue weighted by Gasteiger charge is -2.34. The number of carbonyl (C=O) groups excluding carboxylic acids is 1. The minimum Gasteiger partial charge on any atom is -0.369 e. The first-order chi connectivity index (χ1) is 19.7. The highest BCUT2D eigenvalue weighted by molar-refractivity contribution is 5.98. The average Bonchev–Trinajstić information content (AvgIpc) is 3.61. The highest BCUT2D eigenvalue weighted by Gasteiger charge is 2.30. The number of amides is 2. The van der Waals surface area contributed by atoms with Crippen LogP contribution in [0.4, 0.5) is 35.0 Å². The van der Waals surface area contributed by atoms with Crippen LogP contribution in [0.5, 0.6) is 0 Å². The summed E-state index contributed by atoms with van der Waals surface area (Å²) >= 11 is 0. The topological polar surface area (TPSA) is 110 Å². The number of aromatic nitrogens is 4. The van der Waals surface area contributed by atoms with Crippen LogP contribution >= 0.6 is 0 Å². The third kappa shape index (κ3) is 5.33. The average molecular weight is 561 g/mol. The quantitative estimate of drug-likeness (QED) is 0.259. The Bertz CT molecular complexity index is 1680. The van der Waals surface area contributed by atoms with E-state index in [1.165, 1.54) is 12.1 Å². The van der Waals surface area contributed by atoms with Gasteiger partial charge in [0.05, 0.1) is 33.7 Å². The Labute approximate surface area is 233 Å². The zero-order valence-electron chi connectivity index (χ0n) is 22.1. The van der Waals surface area contributed by atoms with E-state index >= 15 is 0 Å². The predicted octanol–water partition coefficient (Wildman–Crippen LogP) is 5.61. The number of alkyl halides is 3. The molecule has 0 aliphatic carbocycles. The molecule has 6 rings (SSSR count). The summed E-state index contributed by atoms with van der Waals surface area (Å²) in [6.45, 7) is 4.01. The summed E-state index contributed by atoms with van der Waals surface area (Å²) in [6.07, 6.45) is -4.48. The van der Waals surface area contributed by atoms with Crippen molar-refractivity contribution in [3.05, 3.63) is 78.4 Å². The smallest absolute Gasteiger partial charge is 0.369 e. The largest absolute Gasteiger partial charge is 0.416 e. The molecule has 0 atom stereocenters. The van der Waals surface area contributed by atoms with Crippen molar-refractivity contribution < 1.29 is 18.0 Å². The fourth-order valence-electron chi connectivity index (χ4n) is 4.96. The van der Waals surface area contributed by atoms with Crippen molar-refractivity contribution in [1.29, 1.82) is 0 Å². The molecule has 1 saturated heterocycles. The molecular formula is C29H27F3N8O. The number of nitrogens with zero attached hydrogens (tertiary/aromatic N) is 5. The van der Waals surface area contributed by atoms with Gasteiger partial charge in [-0.25, -0.2) is 9.78 Å². The number of benzene rings is 3. The first-order valence-electron chi connectivity index (χ1n) is 13.0. The Morgan fingerprint density at radius 2 is 1.59 bits per heavy atom. The number of hydrogen-bond acceptors (Lipinski definition) is 5. The second-order valence-corrected chi connectivity index (χ2v) is 10.0. The van der Waals surface area contributed by atoms with E-state index in [1.54, 1.807) is 24.3 Å². The lowest BCUT2D eigenvalue weighted by molar-refractivity contribution is -0.137. The highest BCUT2D eigenvalue weighted by Crippen LogP contribution is 2.33. The number of primary amides is 1. The minimum absolute atomic E-state index is 0.223. The molecule has 0 radical (unpaired) electrons. The van der Waals surface area contributed by atoms with Crippen molar-refractivity contribution in [3.8, 4) is 22.8 Å². The molecule has 5 aromatic rings. The van der Waals surface area contributed by atoms with E-state index in [0.717, 1.165) is 65.5 Å². The summed E-state index contributed by atoms with van der Waals surface area (Å²) in [4.78, 5) is 26.1. The number of rotatable bonds is 5. The molecule has 4 N–H and O–H groups in total. The van der Waals surface area contributed by atoms with Crippen LogP contribution in [0.25, 0.3) is 33.8 Å². The van der Waals surface area contributed by atoms with Crippen molar-refractivity contribution in [3.63, 3.8) is 0 Å². The molecule has 0 spiro atoms. The van der Waals surface area contributed by atoms with Gasteiger partial charge in [0.15, 0.2) is 5.82 Å². The van der Waals surface area contributed by atoms with Gasteiger partial charge in [-0.3, -0.25) is 10.00 Å². The van der Waals surface area contributed by atoms with Crippen molar-refractivity contribution in [2.24, 2.45) is 5.73 Å². The summed E-state index contributed by atoms with van der Waals surface area (Å²) in [5.74, 6) is 0.660. The zero-order valence-corrected chi connectivity index (χ0v) is 22.1. The Morgan fingerprint density at radius 1 is 0.927 bits per heavy atom. The maximum atomic E-state index is 12.9. The number of carbonyl (C=O) groups is 1. The Morgan fingerprint density at radius 3 is 2.22 bits per heavy atom. The van der Waals surface area contributed by atoms with Gasteiger partial charge in [-0.15, -0.1) is 0 Å². The number of anilines is 3. The number of fused-ring (bicyclic) bond motifs is 1. The lowest BCUT2D eigenvalue weighted by atomic mass is 10.1. The third-order valence-corrected chi connectivity index (χ3v) is 7.26. The van der Waals surface area contributed by atoms with E-state index in [2.05, 4.69) is 44.2 Å². The van der Waals surface area contributed by atoms with Crippen molar-refractivity contribution in [2.45, 2.75) is 6.18 Å². The molecule has 3 aromatic carbocycles. The van der Waals surface area contributed by atoms with E-state index in [4.69, 9.17) is 10.7 Å². The first-order valence-corrected chi connectivity index (χ1v) is 13.0.